The van der Waals surface area contributed by atoms with Gasteiger partial charge < -0.3 is 14.6 Å². The Balaban J connectivity index is 1.56. The first-order valence-electron chi connectivity index (χ1n) is 8.88. The molecule has 1 aliphatic heterocycles. The molecule has 4 rings (SSSR count). The molecule has 0 radical (unpaired) electrons. The maximum atomic E-state index is 12.7. The van der Waals surface area contributed by atoms with Crippen molar-refractivity contribution in [3.63, 3.8) is 0 Å². The van der Waals surface area contributed by atoms with Crippen molar-refractivity contribution in [2.45, 2.75) is 26.2 Å². The van der Waals surface area contributed by atoms with Gasteiger partial charge in [0.2, 0.25) is 0 Å². The maximum absolute atomic E-state index is 12.7. The van der Waals surface area contributed by atoms with Gasteiger partial charge in [-0.2, -0.15) is 0 Å². The van der Waals surface area contributed by atoms with Gasteiger partial charge in [-0.25, -0.2) is 4.98 Å². The molecule has 0 atom stereocenters. The highest BCUT2D eigenvalue weighted by Crippen LogP contribution is 2.23. The number of imidazole rings is 1. The molecule has 128 valence electrons. The van der Waals surface area contributed by atoms with Crippen LogP contribution in [0.4, 0.5) is 11.4 Å². The number of amides is 1. The van der Waals surface area contributed by atoms with Gasteiger partial charge in [0.15, 0.2) is 5.69 Å². The molecule has 3 heterocycles. The third-order valence-corrected chi connectivity index (χ3v) is 4.75. The zero-order valence-electron chi connectivity index (χ0n) is 14.4. The summed E-state index contributed by atoms with van der Waals surface area (Å²) in [6.07, 6.45) is 5.24. The van der Waals surface area contributed by atoms with Gasteiger partial charge in [-0.3, -0.25) is 4.79 Å². The molecule has 5 nitrogen and oxygen atoms in total. The molecule has 0 spiro atoms. The Bertz CT molecular complexity index is 892. The summed E-state index contributed by atoms with van der Waals surface area (Å²) in [7, 11) is 0. The average Bonchev–Trinajstić information content (AvgIpc) is 3.30. The van der Waals surface area contributed by atoms with E-state index in [0.717, 1.165) is 36.5 Å². The number of pyridine rings is 1. The Kier molecular flexibility index (Phi) is 4.14. The zero-order valence-corrected chi connectivity index (χ0v) is 14.4. The number of anilines is 2. The summed E-state index contributed by atoms with van der Waals surface area (Å²) >= 11 is 0. The lowest BCUT2D eigenvalue weighted by Crippen LogP contribution is -2.17. The van der Waals surface area contributed by atoms with Crippen molar-refractivity contribution in [3.05, 3.63) is 60.2 Å². The molecule has 1 aromatic carbocycles. The van der Waals surface area contributed by atoms with Gasteiger partial charge in [0.25, 0.3) is 5.91 Å². The molecule has 5 heteroatoms. The summed E-state index contributed by atoms with van der Waals surface area (Å²) < 4.78 is 1.98. The van der Waals surface area contributed by atoms with Crippen LogP contribution in [0.5, 0.6) is 0 Å². The third kappa shape index (κ3) is 2.97. The van der Waals surface area contributed by atoms with Crippen LogP contribution in [0.15, 0.2) is 48.7 Å². The molecule has 0 bridgehead atoms. The topological polar surface area (TPSA) is 49.6 Å². The van der Waals surface area contributed by atoms with Crippen molar-refractivity contribution in [2.75, 3.05) is 23.3 Å². The Morgan fingerprint density at radius 1 is 1.12 bits per heavy atom. The molecule has 2 aromatic heterocycles. The fraction of sp³-hybridized carbons (Fsp3) is 0.300. The second-order valence-electron chi connectivity index (χ2n) is 6.38. The number of aromatic nitrogens is 2. The lowest BCUT2D eigenvalue weighted by molar-refractivity contribution is 0.102. The van der Waals surface area contributed by atoms with Crippen molar-refractivity contribution in [3.8, 4) is 0 Å². The predicted molar refractivity (Wildman–Crippen MR) is 100 cm³/mol. The van der Waals surface area contributed by atoms with Crippen molar-refractivity contribution in [1.82, 2.24) is 9.38 Å². The van der Waals surface area contributed by atoms with E-state index in [2.05, 4.69) is 27.3 Å². The highest BCUT2D eigenvalue weighted by molar-refractivity contribution is 6.07. The van der Waals surface area contributed by atoms with E-state index >= 15 is 0 Å². The number of hydrogen-bond donors (Lipinski definition) is 1. The van der Waals surface area contributed by atoms with Crippen LogP contribution in [-0.2, 0) is 6.42 Å². The summed E-state index contributed by atoms with van der Waals surface area (Å²) in [6, 6.07) is 13.9. The lowest BCUT2D eigenvalue weighted by Gasteiger charge is -2.17. The van der Waals surface area contributed by atoms with Crippen molar-refractivity contribution in [2.24, 2.45) is 0 Å². The minimum atomic E-state index is -0.169. The van der Waals surface area contributed by atoms with Gasteiger partial charge in [-0.15, -0.1) is 0 Å². The Labute approximate surface area is 147 Å². The van der Waals surface area contributed by atoms with E-state index < -0.39 is 0 Å². The van der Waals surface area contributed by atoms with Crippen LogP contribution < -0.4 is 10.2 Å². The Morgan fingerprint density at radius 3 is 2.60 bits per heavy atom. The number of nitrogens with one attached hydrogen (secondary N) is 1. The van der Waals surface area contributed by atoms with Crippen LogP contribution in [0.2, 0.25) is 0 Å². The van der Waals surface area contributed by atoms with Gasteiger partial charge in [-0.05, 0) is 49.2 Å². The highest BCUT2D eigenvalue weighted by Gasteiger charge is 2.17. The number of fused-ring (bicyclic) bond motifs is 1. The van der Waals surface area contributed by atoms with E-state index in [1.54, 1.807) is 0 Å². The Hall–Kier alpha value is -2.82. The highest BCUT2D eigenvalue weighted by atomic mass is 16.1. The summed E-state index contributed by atoms with van der Waals surface area (Å²) in [5.41, 5.74) is 3.32. The number of carbonyl (C=O) groups is 1. The largest absolute Gasteiger partial charge is 0.372 e. The molecule has 1 amide bonds. The summed E-state index contributed by atoms with van der Waals surface area (Å²) in [4.78, 5) is 19.6. The van der Waals surface area contributed by atoms with Crippen LogP contribution in [-0.4, -0.2) is 28.4 Å². The van der Waals surface area contributed by atoms with Crippen LogP contribution in [0.1, 0.15) is 36.1 Å². The fourth-order valence-corrected chi connectivity index (χ4v) is 3.44. The minimum Gasteiger partial charge on any atom is -0.372 e. The van der Waals surface area contributed by atoms with Crippen LogP contribution in [0.25, 0.3) is 5.52 Å². The number of nitrogens with zero attached hydrogens (tertiary/aromatic N) is 3. The summed E-state index contributed by atoms with van der Waals surface area (Å²) in [6.45, 7) is 4.28. The average molecular weight is 334 g/mol. The molecule has 0 aliphatic carbocycles. The SMILES string of the molecule is CCc1nc(C(=O)Nc2ccc(N3CCCC3)cc2)c2ccccn12. The maximum Gasteiger partial charge on any atom is 0.276 e. The van der Waals surface area contributed by atoms with Gasteiger partial charge in [0, 0.05) is 37.1 Å². The summed E-state index contributed by atoms with van der Waals surface area (Å²) in [5.74, 6) is 0.724. The first-order chi connectivity index (χ1) is 12.3. The van der Waals surface area contributed by atoms with Crippen LogP contribution in [0, 0.1) is 0 Å². The number of aryl methyl sites for hydroxylation is 1. The molecule has 0 saturated carbocycles. The molecular weight excluding hydrogens is 312 g/mol. The number of rotatable bonds is 4. The first-order valence-corrected chi connectivity index (χ1v) is 8.88. The van der Waals surface area contributed by atoms with Crippen molar-refractivity contribution in [1.29, 1.82) is 0 Å². The fourth-order valence-electron chi connectivity index (χ4n) is 3.44. The molecule has 25 heavy (non-hydrogen) atoms. The smallest absolute Gasteiger partial charge is 0.276 e. The quantitative estimate of drug-likeness (QED) is 0.790. The Morgan fingerprint density at radius 2 is 1.88 bits per heavy atom. The van der Waals surface area contributed by atoms with Crippen LogP contribution >= 0.6 is 0 Å². The second-order valence-corrected chi connectivity index (χ2v) is 6.38. The van der Waals surface area contributed by atoms with E-state index in [-0.39, 0.29) is 5.91 Å². The van der Waals surface area contributed by atoms with Gasteiger partial charge >= 0.3 is 0 Å². The third-order valence-electron chi connectivity index (χ3n) is 4.75. The molecule has 1 aliphatic rings. The monoisotopic (exact) mass is 334 g/mol. The second kappa shape index (κ2) is 6.59. The van der Waals surface area contributed by atoms with Gasteiger partial charge in [-0.1, -0.05) is 13.0 Å². The lowest BCUT2D eigenvalue weighted by atomic mass is 10.2. The minimum absolute atomic E-state index is 0.169. The number of carbonyl (C=O) groups excluding carboxylic acids is 1. The molecule has 1 saturated heterocycles. The molecule has 1 fully saturated rings. The van der Waals surface area contributed by atoms with Gasteiger partial charge in [0.1, 0.15) is 5.82 Å². The van der Waals surface area contributed by atoms with E-state index in [4.69, 9.17) is 0 Å². The van der Waals surface area contributed by atoms with E-state index in [0.29, 0.717) is 5.69 Å². The van der Waals surface area contributed by atoms with Gasteiger partial charge in [0.05, 0.1) is 5.52 Å². The molecule has 0 unspecified atom stereocenters. The molecule has 3 aromatic rings. The van der Waals surface area contributed by atoms with Crippen molar-refractivity contribution < 1.29 is 4.79 Å². The normalized spacial score (nSPS) is 14.2. The predicted octanol–water partition coefficient (Wildman–Crippen LogP) is 3.75. The van der Waals surface area contributed by atoms with Crippen LogP contribution in [0.3, 0.4) is 0 Å². The summed E-state index contributed by atoms with van der Waals surface area (Å²) in [5, 5.41) is 2.97. The van der Waals surface area contributed by atoms with E-state index in [1.165, 1.54) is 18.5 Å². The zero-order chi connectivity index (χ0) is 17.2. The molecular formula is C20H22N4O. The standard InChI is InChI=1S/C20H22N4O/c1-2-18-22-19(17-7-3-4-14-24(17)18)20(25)21-15-8-10-16(11-9-15)23-12-5-6-13-23/h3-4,7-11,14H,2,5-6,12-13H2,1H3,(H,21,25). The number of hydrogen-bond acceptors (Lipinski definition) is 3. The number of benzene rings is 1. The van der Waals surface area contributed by atoms with Crippen molar-refractivity contribution >= 4 is 22.8 Å². The molecule has 1 N–H and O–H groups in total. The first kappa shape index (κ1) is 15.7. The van der Waals surface area contributed by atoms with E-state index in [1.807, 2.05) is 47.9 Å². The van der Waals surface area contributed by atoms with E-state index in [9.17, 15) is 4.79 Å².